The van der Waals surface area contributed by atoms with Crippen LogP contribution < -0.4 is 5.32 Å². The van der Waals surface area contributed by atoms with E-state index in [1.54, 1.807) is 0 Å². The van der Waals surface area contributed by atoms with Crippen molar-refractivity contribution in [3.05, 3.63) is 28.8 Å². The molecule has 1 N–H and O–H groups in total. The van der Waals surface area contributed by atoms with Crippen LogP contribution >= 0.6 is 0 Å². The Labute approximate surface area is 93.9 Å². The van der Waals surface area contributed by atoms with E-state index in [9.17, 15) is 0 Å². The average Bonchev–Trinajstić information content (AvgIpc) is 2.08. The van der Waals surface area contributed by atoms with Crippen molar-refractivity contribution in [3.8, 4) is 0 Å². The molecule has 0 fully saturated rings. The highest BCUT2D eigenvalue weighted by Gasteiger charge is 2.03. The van der Waals surface area contributed by atoms with Gasteiger partial charge >= 0.3 is 0 Å². The van der Waals surface area contributed by atoms with Gasteiger partial charge < -0.3 is 5.32 Å². The second-order valence-corrected chi connectivity index (χ2v) is 4.88. The molecule has 1 nitrogen and oxygen atoms in total. The van der Waals surface area contributed by atoms with Crippen molar-refractivity contribution in [1.82, 2.24) is 0 Å². The van der Waals surface area contributed by atoms with Gasteiger partial charge in [-0.25, -0.2) is 0 Å². The molecule has 0 atom stereocenters. The third kappa shape index (κ3) is 3.58. The van der Waals surface area contributed by atoms with Gasteiger partial charge in [-0.1, -0.05) is 31.5 Å². The Bertz CT molecular complexity index is 303. The van der Waals surface area contributed by atoms with Crippen molar-refractivity contribution < 1.29 is 0 Å². The van der Waals surface area contributed by atoms with Crippen LogP contribution in [0.1, 0.15) is 37.0 Å². The van der Waals surface area contributed by atoms with Gasteiger partial charge in [0.15, 0.2) is 0 Å². The van der Waals surface area contributed by atoms with Crippen molar-refractivity contribution in [3.63, 3.8) is 0 Å². The number of rotatable bonds is 4. The molecule has 0 unspecified atom stereocenters. The van der Waals surface area contributed by atoms with Crippen LogP contribution in [0.5, 0.6) is 0 Å². The molecule has 0 aromatic heterocycles. The number of aryl methyl sites for hydroxylation is 3. The van der Waals surface area contributed by atoms with Gasteiger partial charge in [-0.15, -0.1) is 0 Å². The Morgan fingerprint density at radius 3 is 2.07 bits per heavy atom. The van der Waals surface area contributed by atoms with E-state index in [2.05, 4.69) is 52.1 Å². The maximum Gasteiger partial charge on any atom is 0.0399 e. The van der Waals surface area contributed by atoms with Gasteiger partial charge in [0, 0.05) is 12.2 Å². The number of hydrogen-bond donors (Lipinski definition) is 1. The number of nitrogens with one attached hydrogen (secondary N) is 1. The van der Waals surface area contributed by atoms with Crippen LogP contribution in [0.4, 0.5) is 5.69 Å². The summed E-state index contributed by atoms with van der Waals surface area (Å²) in [6.07, 6.45) is 1.23. The van der Waals surface area contributed by atoms with Crippen LogP contribution in [-0.4, -0.2) is 6.54 Å². The zero-order valence-corrected chi connectivity index (χ0v) is 10.6. The molecule has 0 amide bonds. The Hall–Kier alpha value is -0.980. The summed E-state index contributed by atoms with van der Waals surface area (Å²) in [6, 6.07) is 4.48. The molecule has 0 heterocycles. The summed E-state index contributed by atoms with van der Waals surface area (Å²) in [7, 11) is 0. The van der Waals surface area contributed by atoms with Gasteiger partial charge in [0.1, 0.15) is 0 Å². The molecular formula is C14H23N. The summed E-state index contributed by atoms with van der Waals surface area (Å²) in [4.78, 5) is 0. The van der Waals surface area contributed by atoms with E-state index < -0.39 is 0 Å². The fourth-order valence-electron chi connectivity index (χ4n) is 1.94. The van der Waals surface area contributed by atoms with E-state index >= 15 is 0 Å². The lowest BCUT2D eigenvalue weighted by Crippen LogP contribution is -2.07. The standard InChI is InChI=1S/C14H23N/c1-10(2)6-7-15-14-12(4)8-11(3)9-13(14)5/h8-10,15H,6-7H2,1-5H3. The molecule has 0 saturated carbocycles. The van der Waals surface area contributed by atoms with Gasteiger partial charge in [-0.2, -0.15) is 0 Å². The molecule has 1 heteroatoms. The zero-order valence-electron chi connectivity index (χ0n) is 10.6. The number of anilines is 1. The first-order valence-corrected chi connectivity index (χ1v) is 5.82. The molecule has 1 aromatic carbocycles. The summed E-state index contributed by atoms with van der Waals surface area (Å²) >= 11 is 0. The summed E-state index contributed by atoms with van der Waals surface area (Å²) in [5.74, 6) is 0.767. The van der Waals surface area contributed by atoms with Gasteiger partial charge in [0.2, 0.25) is 0 Å². The lowest BCUT2D eigenvalue weighted by atomic mass is 10.0. The van der Waals surface area contributed by atoms with E-state index in [0.29, 0.717) is 0 Å². The first-order chi connectivity index (χ1) is 7.00. The lowest BCUT2D eigenvalue weighted by Gasteiger charge is -2.14. The molecule has 1 rings (SSSR count). The molecule has 1 aromatic rings. The van der Waals surface area contributed by atoms with Crippen LogP contribution in [-0.2, 0) is 0 Å². The first kappa shape index (κ1) is 12.1. The van der Waals surface area contributed by atoms with Gasteiger partial charge in [-0.3, -0.25) is 0 Å². The van der Waals surface area contributed by atoms with Crippen LogP contribution in [0.15, 0.2) is 12.1 Å². The van der Waals surface area contributed by atoms with Crippen molar-refractivity contribution in [2.24, 2.45) is 5.92 Å². The van der Waals surface area contributed by atoms with Gasteiger partial charge in [-0.05, 0) is 44.2 Å². The van der Waals surface area contributed by atoms with Crippen LogP contribution in [0, 0.1) is 26.7 Å². The summed E-state index contributed by atoms with van der Waals surface area (Å²) in [5.41, 5.74) is 5.38. The van der Waals surface area contributed by atoms with E-state index in [-0.39, 0.29) is 0 Å². The fraction of sp³-hybridized carbons (Fsp3) is 0.571. The van der Waals surface area contributed by atoms with E-state index in [4.69, 9.17) is 0 Å². The smallest absolute Gasteiger partial charge is 0.0399 e. The minimum absolute atomic E-state index is 0.767. The minimum atomic E-state index is 0.767. The molecule has 15 heavy (non-hydrogen) atoms. The van der Waals surface area contributed by atoms with Crippen molar-refractivity contribution in [2.45, 2.75) is 41.0 Å². The van der Waals surface area contributed by atoms with E-state index in [1.807, 2.05) is 0 Å². The predicted octanol–water partition coefficient (Wildman–Crippen LogP) is 4.07. The van der Waals surface area contributed by atoms with Gasteiger partial charge in [0.05, 0.1) is 0 Å². The quantitative estimate of drug-likeness (QED) is 0.781. The van der Waals surface area contributed by atoms with E-state index in [1.165, 1.54) is 28.8 Å². The van der Waals surface area contributed by atoms with E-state index in [0.717, 1.165) is 12.5 Å². The topological polar surface area (TPSA) is 12.0 Å². The largest absolute Gasteiger partial charge is 0.385 e. The Kier molecular flexibility index (Phi) is 4.19. The molecule has 0 bridgehead atoms. The zero-order chi connectivity index (χ0) is 11.4. The van der Waals surface area contributed by atoms with Crippen LogP contribution in [0.2, 0.25) is 0 Å². The van der Waals surface area contributed by atoms with Crippen molar-refractivity contribution in [1.29, 1.82) is 0 Å². The third-order valence-electron chi connectivity index (χ3n) is 2.70. The highest BCUT2D eigenvalue weighted by atomic mass is 14.9. The van der Waals surface area contributed by atoms with Crippen molar-refractivity contribution >= 4 is 5.69 Å². The molecule has 0 spiro atoms. The molecule has 0 aliphatic rings. The highest BCUT2D eigenvalue weighted by molar-refractivity contribution is 5.58. The predicted molar refractivity (Wildman–Crippen MR) is 68.6 cm³/mol. The minimum Gasteiger partial charge on any atom is -0.385 e. The first-order valence-electron chi connectivity index (χ1n) is 5.82. The molecule has 0 aliphatic heterocycles. The molecular weight excluding hydrogens is 182 g/mol. The number of hydrogen-bond acceptors (Lipinski definition) is 1. The second kappa shape index (κ2) is 5.20. The molecule has 0 saturated heterocycles. The molecule has 0 aliphatic carbocycles. The van der Waals surface area contributed by atoms with Crippen LogP contribution in [0.3, 0.4) is 0 Å². The molecule has 84 valence electrons. The van der Waals surface area contributed by atoms with Gasteiger partial charge in [0.25, 0.3) is 0 Å². The Balaban J connectivity index is 2.68. The SMILES string of the molecule is Cc1cc(C)c(NCCC(C)C)c(C)c1. The normalized spacial score (nSPS) is 10.8. The van der Waals surface area contributed by atoms with Crippen LogP contribution in [0.25, 0.3) is 0 Å². The fourth-order valence-corrected chi connectivity index (χ4v) is 1.94. The summed E-state index contributed by atoms with van der Waals surface area (Å²) in [5, 5.41) is 3.54. The number of benzene rings is 1. The monoisotopic (exact) mass is 205 g/mol. The Morgan fingerprint density at radius 2 is 1.60 bits per heavy atom. The summed E-state index contributed by atoms with van der Waals surface area (Å²) in [6.45, 7) is 12.1. The summed E-state index contributed by atoms with van der Waals surface area (Å²) < 4.78 is 0. The van der Waals surface area contributed by atoms with Crippen molar-refractivity contribution in [2.75, 3.05) is 11.9 Å². The average molecular weight is 205 g/mol. The second-order valence-electron chi connectivity index (χ2n) is 4.88. The molecule has 0 radical (unpaired) electrons. The lowest BCUT2D eigenvalue weighted by molar-refractivity contribution is 0.607. The maximum absolute atomic E-state index is 3.54. The third-order valence-corrected chi connectivity index (χ3v) is 2.70. The highest BCUT2D eigenvalue weighted by Crippen LogP contribution is 2.21. The maximum atomic E-state index is 3.54. The Morgan fingerprint density at radius 1 is 1.07 bits per heavy atom.